The molecule has 0 saturated heterocycles. The average molecular weight is 627 g/mol. The summed E-state index contributed by atoms with van der Waals surface area (Å²) in [6.07, 6.45) is 1.08. The molecular weight excluding hydrogens is 578 g/mol. The Bertz CT molecular complexity index is 906. The maximum Gasteiger partial charge on any atom is 0.333 e. The highest BCUT2D eigenvalue weighted by molar-refractivity contribution is 5.87. The van der Waals surface area contributed by atoms with Gasteiger partial charge in [-0.25, -0.2) is 14.4 Å². The minimum atomic E-state index is -0.523. The van der Waals surface area contributed by atoms with Crippen LogP contribution in [0.3, 0.4) is 0 Å². The van der Waals surface area contributed by atoms with Crippen molar-refractivity contribution in [3.8, 4) is 0 Å². The molecule has 0 heterocycles. The molecule has 0 aliphatic carbocycles. The van der Waals surface area contributed by atoms with E-state index in [4.69, 9.17) is 28.4 Å². The van der Waals surface area contributed by atoms with E-state index >= 15 is 0 Å². The van der Waals surface area contributed by atoms with Crippen LogP contribution in [0.25, 0.3) is 0 Å². The van der Waals surface area contributed by atoms with Crippen LogP contribution in [0.15, 0.2) is 36.5 Å². The van der Waals surface area contributed by atoms with E-state index in [1.807, 2.05) is 7.05 Å². The molecule has 0 aromatic carbocycles. The van der Waals surface area contributed by atoms with Crippen LogP contribution in [0.2, 0.25) is 0 Å². The topological polar surface area (TPSA) is 158 Å². The van der Waals surface area contributed by atoms with Gasteiger partial charge in [0.2, 0.25) is 0 Å². The Hall–Kier alpha value is -4.00. The molecule has 0 rings (SSSR count). The van der Waals surface area contributed by atoms with Crippen LogP contribution in [0.1, 0.15) is 59.3 Å². The van der Waals surface area contributed by atoms with E-state index in [2.05, 4.69) is 19.7 Å². The van der Waals surface area contributed by atoms with E-state index in [9.17, 15) is 28.8 Å². The van der Waals surface area contributed by atoms with Crippen molar-refractivity contribution in [2.75, 3.05) is 66.3 Å². The minimum absolute atomic E-state index is 0.0605. The van der Waals surface area contributed by atoms with Gasteiger partial charge in [0.1, 0.15) is 39.5 Å². The number of rotatable bonds is 24. The first-order chi connectivity index (χ1) is 20.7. The summed E-state index contributed by atoms with van der Waals surface area (Å²) < 4.78 is 31.1. The Labute approximate surface area is 259 Å². The van der Waals surface area contributed by atoms with Crippen LogP contribution < -0.4 is 0 Å². The number of carbonyl (C=O) groups is 6. The monoisotopic (exact) mass is 626 g/mol. The van der Waals surface area contributed by atoms with Gasteiger partial charge in [-0.1, -0.05) is 19.7 Å². The maximum atomic E-state index is 12.1. The molecule has 0 aromatic rings. The van der Waals surface area contributed by atoms with E-state index in [-0.39, 0.29) is 80.1 Å². The van der Waals surface area contributed by atoms with E-state index in [1.54, 1.807) is 0 Å². The minimum Gasteiger partial charge on any atom is -0.462 e. The predicted octanol–water partition coefficient (Wildman–Crippen LogP) is 2.76. The van der Waals surface area contributed by atoms with Crippen molar-refractivity contribution in [1.82, 2.24) is 0 Å². The molecule has 0 spiro atoms. The van der Waals surface area contributed by atoms with Gasteiger partial charge in [-0.2, -0.15) is 0 Å². The standard InChI is InChI=1S/C31H48NO12/c1-23(2)29(36)42-17-8-11-26(33)39-20-14-32(7,15-21-40-27(34)12-9-18-43-30(37)24(3)4)16-22-41-28(35)13-10-19-44-31(38)25(5)6/h1,3,5,8-22H2,2,4,6-7H3/q+1. The summed E-state index contributed by atoms with van der Waals surface area (Å²) in [6, 6.07) is 0. The molecule has 0 aliphatic heterocycles. The molecule has 0 aromatic heterocycles. The van der Waals surface area contributed by atoms with Gasteiger partial charge in [0.15, 0.2) is 0 Å². The fraction of sp³-hybridized carbons (Fsp3) is 0.613. The summed E-state index contributed by atoms with van der Waals surface area (Å²) in [5, 5.41) is 0. The van der Waals surface area contributed by atoms with Crippen molar-refractivity contribution >= 4 is 35.8 Å². The van der Waals surface area contributed by atoms with Gasteiger partial charge in [0, 0.05) is 36.0 Å². The van der Waals surface area contributed by atoms with Gasteiger partial charge in [-0.05, 0) is 40.0 Å². The third-order valence-electron chi connectivity index (χ3n) is 6.00. The Morgan fingerprint density at radius 3 is 0.932 bits per heavy atom. The van der Waals surface area contributed by atoms with Gasteiger partial charge in [0.25, 0.3) is 0 Å². The maximum absolute atomic E-state index is 12.1. The van der Waals surface area contributed by atoms with Crippen LogP contribution in [0, 0.1) is 0 Å². The van der Waals surface area contributed by atoms with Crippen LogP contribution in [-0.4, -0.2) is 107 Å². The van der Waals surface area contributed by atoms with Gasteiger partial charge < -0.3 is 32.9 Å². The molecule has 0 aliphatic rings. The second-order valence-corrected chi connectivity index (χ2v) is 10.5. The molecule has 0 radical (unpaired) electrons. The molecule has 0 amide bonds. The summed E-state index contributed by atoms with van der Waals surface area (Å²) in [5.74, 6) is -2.94. The molecule has 13 nitrogen and oxygen atoms in total. The number of quaternary nitrogens is 1. The van der Waals surface area contributed by atoms with Crippen molar-refractivity contribution in [1.29, 1.82) is 0 Å². The zero-order valence-corrected chi connectivity index (χ0v) is 26.6. The number of likely N-dealkylation sites (N-methyl/N-ethyl adjacent to an activating group) is 1. The molecule has 0 saturated carbocycles. The van der Waals surface area contributed by atoms with Gasteiger partial charge in [0.05, 0.1) is 26.9 Å². The lowest BCUT2D eigenvalue weighted by Crippen LogP contribution is -2.51. The predicted molar refractivity (Wildman–Crippen MR) is 159 cm³/mol. The second kappa shape index (κ2) is 22.5. The van der Waals surface area contributed by atoms with Crippen molar-refractivity contribution in [2.45, 2.75) is 59.3 Å². The van der Waals surface area contributed by atoms with E-state index in [1.165, 1.54) is 20.8 Å². The first-order valence-corrected chi connectivity index (χ1v) is 14.4. The van der Waals surface area contributed by atoms with Gasteiger partial charge >= 0.3 is 35.8 Å². The van der Waals surface area contributed by atoms with Crippen molar-refractivity contribution in [3.63, 3.8) is 0 Å². The molecular formula is C31H48NO12+. The van der Waals surface area contributed by atoms with Crippen LogP contribution in [0.5, 0.6) is 0 Å². The lowest BCUT2D eigenvalue weighted by molar-refractivity contribution is -0.910. The normalized spacial score (nSPS) is 10.6. The smallest absolute Gasteiger partial charge is 0.333 e. The Balaban J connectivity index is 4.72. The SMILES string of the molecule is C=C(C)C(=O)OCCCC(=O)OCC[N+](C)(CCOC(=O)CCCOC(=O)C(=C)C)CCOC(=O)CCCOC(=O)C(=C)C. The number of carbonyl (C=O) groups excluding carboxylic acids is 6. The Morgan fingerprint density at radius 1 is 0.455 bits per heavy atom. The number of hydrogen-bond acceptors (Lipinski definition) is 12. The molecule has 0 N–H and O–H groups in total. The molecule has 248 valence electrons. The van der Waals surface area contributed by atoms with Crippen molar-refractivity contribution < 1.29 is 61.7 Å². The van der Waals surface area contributed by atoms with E-state index in [0.717, 1.165) is 0 Å². The number of esters is 6. The molecule has 0 bridgehead atoms. The number of hydrogen-bond donors (Lipinski definition) is 0. The summed E-state index contributed by atoms with van der Waals surface area (Å²) in [6.45, 7) is 16.5. The fourth-order valence-electron chi connectivity index (χ4n) is 3.21. The fourth-order valence-corrected chi connectivity index (χ4v) is 3.21. The lowest BCUT2D eigenvalue weighted by Gasteiger charge is -2.34. The lowest BCUT2D eigenvalue weighted by atomic mass is 10.3. The molecule has 44 heavy (non-hydrogen) atoms. The second-order valence-electron chi connectivity index (χ2n) is 10.5. The highest BCUT2D eigenvalue weighted by Gasteiger charge is 2.24. The highest BCUT2D eigenvalue weighted by Crippen LogP contribution is 2.07. The Kier molecular flexibility index (Phi) is 20.5. The van der Waals surface area contributed by atoms with Crippen molar-refractivity contribution in [3.05, 3.63) is 36.5 Å². The third-order valence-corrected chi connectivity index (χ3v) is 6.00. The molecule has 0 fully saturated rings. The summed E-state index contributed by atoms with van der Waals surface area (Å²) in [5.41, 5.74) is 0.817. The van der Waals surface area contributed by atoms with Gasteiger partial charge in [-0.15, -0.1) is 0 Å². The van der Waals surface area contributed by atoms with Crippen LogP contribution in [-0.2, 0) is 57.2 Å². The van der Waals surface area contributed by atoms with Gasteiger partial charge in [-0.3, -0.25) is 14.4 Å². The van der Waals surface area contributed by atoms with E-state index in [0.29, 0.717) is 38.9 Å². The molecule has 0 unspecified atom stereocenters. The summed E-state index contributed by atoms with van der Waals surface area (Å²) in [4.78, 5) is 70.6. The largest absolute Gasteiger partial charge is 0.462 e. The van der Waals surface area contributed by atoms with Crippen molar-refractivity contribution in [2.24, 2.45) is 0 Å². The summed E-state index contributed by atoms with van der Waals surface area (Å²) >= 11 is 0. The molecule has 0 atom stereocenters. The van der Waals surface area contributed by atoms with Crippen LogP contribution in [0.4, 0.5) is 0 Å². The van der Waals surface area contributed by atoms with E-state index < -0.39 is 35.8 Å². The molecule has 13 heteroatoms. The average Bonchev–Trinajstić information content (AvgIpc) is 2.95. The third kappa shape index (κ3) is 20.8. The van der Waals surface area contributed by atoms with Crippen LogP contribution >= 0.6 is 0 Å². The quantitative estimate of drug-likeness (QED) is 0.0508. The summed E-state index contributed by atoms with van der Waals surface area (Å²) in [7, 11) is 1.85. The Morgan fingerprint density at radius 2 is 0.705 bits per heavy atom. The number of nitrogens with zero attached hydrogens (tertiary/aromatic N) is 1. The first kappa shape index (κ1) is 40.0. The first-order valence-electron chi connectivity index (χ1n) is 14.4. The zero-order chi connectivity index (χ0) is 33.5. The zero-order valence-electron chi connectivity index (χ0n) is 26.6. The highest BCUT2D eigenvalue weighted by atomic mass is 16.6. The number of ether oxygens (including phenoxy) is 6.